The Balaban J connectivity index is 2.31. The van der Waals surface area contributed by atoms with Crippen LogP contribution >= 0.6 is 11.3 Å². The third-order valence-corrected chi connectivity index (χ3v) is 2.93. The van der Waals surface area contributed by atoms with Gasteiger partial charge >= 0.3 is 0 Å². The third kappa shape index (κ3) is 1.81. The number of nitrogens with zero attached hydrogens (tertiary/aromatic N) is 2. The molecule has 1 unspecified atom stereocenters. The van der Waals surface area contributed by atoms with E-state index < -0.39 is 0 Å². The van der Waals surface area contributed by atoms with Crippen LogP contribution in [0.1, 0.15) is 16.6 Å². The first-order valence-corrected chi connectivity index (χ1v) is 5.26. The van der Waals surface area contributed by atoms with Gasteiger partial charge in [-0.25, -0.2) is 0 Å². The molecule has 0 aliphatic carbocycles. The van der Waals surface area contributed by atoms with Gasteiger partial charge in [-0.15, -0.1) is 11.3 Å². The fourth-order valence-corrected chi connectivity index (χ4v) is 2.20. The van der Waals surface area contributed by atoms with Crippen LogP contribution in [0.5, 0.6) is 0 Å². The maximum absolute atomic E-state index is 4.29. The van der Waals surface area contributed by atoms with E-state index in [-0.39, 0.29) is 6.04 Å². The standard InChI is InChI=1S/C10H11N3S/c1-11-10(9-3-2-6-14-9)8-7-12-4-5-13-8/h2-7,10-11H,1H3. The van der Waals surface area contributed by atoms with Crippen molar-refractivity contribution >= 4 is 11.3 Å². The van der Waals surface area contributed by atoms with Crippen molar-refractivity contribution < 1.29 is 0 Å². The minimum Gasteiger partial charge on any atom is -0.307 e. The van der Waals surface area contributed by atoms with E-state index in [0.717, 1.165) is 5.69 Å². The number of hydrogen-bond donors (Lipinski definition) is 1. The number of hydrogen-bond acceptors (Lipinski definition) is 4. The van der Waals surface area contributed by atoms with Crippen molar-refractivity contribution in [2.75, 3.05) is 7.05 Å². The molecule has 0 fully saturated rings. The number of rotatable bonds is 3. The fourth-order valence-electron chi connectivity index (χ4n) is 1.35. The molecule has 2 heterocycles. The summed E-state index contributed by atoms with van der Waals surface area (Å²) >= 11 is 1.72. The summed E-state index contributed by atoms with van der Waals surface area (Å²) in [6.07, 6.45) is 5.19. The first-order valence-electron chi connectivity index (χ1n) is 4.38. The highest BCUT2D eigenvalue weighted by Crippen LogP contribution is 2.23. The molecular formula is C10H11N3S. The first kappa shape index (κ1) is 9.30. The lowest BCUT2D eigenvalue weighted by Gasteiger charge is -2.12. The highest BCUT2D eigenvalue weighted by atomic mass is 32.1. The SMILES string of the molecule is CNC(c1cnccn1)c1cccs1. The molecule has 0 saturated heterocycles. The molecule has 0 aliphatic rings. The number of aromatic nitrogens is 2. The van der Waals surface area contributed by atoms with Gasteiger partial charge in [-0.1, -0.05) is 6.07 Å². The van der Waals surface area contributed by atoms with Crippen molar-refractivity contribution in [2.24, 2.45) is 0 Å². The predicted molar refractivity (Wildman–Crippen MR) is 57.3 cm³/mol. The highest BCUT2D eigenvalue weighted by Gasteiger charge is 2.13. The molecule has 1 N–H and O–H groups in total. The van der Waals surface area contributed by atoms with Crippen molar-refractivity contribution in [1.82, 2.24) is 15.3 Å². The summed E-state index contributed by atoms with van der Waals surface area (Å²) in [5.74, 6) is 0. The van der Waals surface area contributed by atoms with Crippen molar-refractivity contribution in [2.45, 2.75) is 6.04 Å². The smallest absolute Gasteiger partial charge is 0.0858 e. The Bertz CT molecular complexity index is 372. The monoisotopic (exact) mass is 205 g/mol. The molecule has 14 heavy (non-hydrogen) atoms. The van der Waals surface area contributed by atoms with Crippen LogP contribution in [0.25, 0.3) is 0 Å². The highest BCUT2D eigenvalue weighted by molar-refractivity contribution is 7.10. The lowest BCUT2D eigenvalue weighted by Crippen LogP contribution is -2.17. The van der Waals surface area contributed by atoms with Gasteiger partial charge in [-0.05, 0) is 18.5 Å². The van der Waals surface area contributed by atoms with Gasteiger partial charge in [0.15, 0.2) is 0 Å². The minimum absolute atomic E-state index is 0.156. The zero-order chi connectivity index (χ0) is 9.80. The van der Waals surface area contributed by atoms with Gasteiger partial charge in [0.25, 0.3) is 0 Å². The quantitative estimate of drug-likeness (QED) is 0.831. The lowest BCUT2D eigenvalue weighted by molar-refractivity contribution is 0.678. The van der Waals surface area contributed by atoms with Crippen LogP contribution in [0.3, 0.4) is 0 Å². The molecule has 1 atom stereocenters. The van der Waals surface area contributed by atoms with Crippen LogP contribution in [0, 0.1) is 0 Å². The molecule has 0 aliphatic heterocycles. The zero-order valence-electron chi connectivity index (χ0n) is 7.84. The normalized spacial score (nSPS) is 12.6. The van der Waals surface area contributed by atoms with Crippen molar-refractivity contribution in [3.63, 3.8) is 0 Å². The van der Waals surface area contributed by atoms with Gasteiger partial charge in [0, 0.05) is 17.3 Å². The van der Waals surface area contributed by atoms with Crippen LogP contribution in [0.4, 0.5) is 0 Å². The molecular weight excluding hydrogens is 194 g/mol. The zero-order valence-corrected chi connectivity index (χ0v) is 8.66. The van der Waals surface area contributed by atoms with Crippen molar-refractivity contribution in [3.8, 4) is 0 Å². The molecule has 4 heteroatoms. The Morgan fingerprint density at radius 3 is 2.93 bits per heavy atom. The van der Waals surface area contributed by atoms with Crippen molar-refractivity contribution in [1.29, 1.82) is 0 Å². The summed E-state index contributed by atoms with van der Waals surface area (Å²) in [5.41, 5.74) is 0.956. The van der Waals surface area contributed by atoms with Gasteiger partial charge in [0.05, 0.1) is 17.9 Å². The molecule has 0 aromatic carbocycles. The van der Waals surface area contributed by atoms with Gasteiger partial charge < -0.3 is 5.32 Å². The minimum atomic E-state index is 0.156. The summed E-state index contributed by atoms with van der Waals surface area (Å²) in [6, 6.07) is 4.30. The molecule has 0 bridgehead atoms. The molecule has 72 valence electrons. The molecule has 2 aromatic heterocycles. The van der Waals surface area contributed by atoms with Gasteiger partial charge in [-0.2, -0.15) is 0 Å². The second-order valence-electron chi connectivity index (χ2n) is 2.87. The molecule has 2 rings (SSSR count). The topological polar surface area (TPSA) is 37.8 Å². The van der Waals surface area contributed by atoms with Crippen LogP contribution < -0.4 is 5.32 Å². The molecule has 0 amide bonds. The summed E-state index contributed by atoms with van der Waals surface area (Å²) in [5, 5.41) is 5.29. The van der Waals surface area contributed by atoms with Crippen molar-refractivity contribution in [3.05, 3.63) is 46.7 Å². The Morgan fingerprint density at radius 1 is 1.43 bits per heavy atom. The first-order chi connectivity index (χ1) is 6.92. The van der Waals surface area contributed by atoms with E-state index in [9.17, 15) is 0 Å². The number of thiophene rings is 1. The average molecular weight is 205 g/mol. The predicted octanol–water partition coefficient (Wildman–Crippen LogP) is 1.85. The van der Waals surface area contributed by atoms with Crippen LogP contribution in [0.2, 0.25) is 0 Å². The van der Waals surface area contributed by atoms with Gasteiger partial charge in [0.2, 0.25) is 0 Å². The van der Waals surface area contributed by atoms with Crippen LogP contribution in [0.15, 0.2) is 36.1 Å². The van der Waals surface area contributed by atoms with E-state index in [1.165, 1.54) is 4.88 Å². The maximum atomic E-state index is 4.29. The molecule has 2 aromatic rings. The fraction of sp³-hybridized carbons (Fsp3) is 0.200. The summed E-state index contributed by atoms with van der Waals surface area (Å²) < 4.78 is 0. The Labute approximate surface area is 86.8 Å². The maximum Gasteiger partial charge on any atom is 0.0858 e. The Morgan fingerprint density at radius 2 is 2.36 bits per heavy atom. The Kier molecular flexibility index (Phi) is 2.86. The van der Waals surface area contributed by atoms with E-state index in [2.05, 4.69) is 26.7 Å². The van der Waals surface area contributed by atoms with Crippen LogP contribution in [-0.4, -0.2) is 17.0 Å². The van der Waals surface area contributed by atoms with Gasteiger partial charge in [-0.3, -0.25) is 9.97 Å². The molecule has 3 nitrogen and oxygen atoms in total. The number of nitrogens with one attached hydrogen (secondary N) is 1. The van der Waals surface area contributed by atoms with E-state index in [4.69, 9.17) is 0 Å². The third-order valence-electron chi connectivity index (χ3n) is 2.00. The van der Waals surface area contributed by atoms with E-state index in [0.29, 0.717) is 0 Å². The van der Waals surface area contributed by atoms with E-state index >= 15 is 0 Å². The molecule has 0 radical (unpaired) electrons. The van der Waals surface area contributed by atoms with Gasteiger partial charge in [0.1, 0.15) is 0 Å². The average Bonchev–Trinajstić information content (AvgIpc) is 2.74. The summed E-state index contributed by atoms with van der Waals surface area (Å²) in [6.45, 7) is 0. The van der Waals surface area contributed by atoms with E-state index in [1.54, 1.807) is 29.9 Å². The largest absolute Gasteiger partial charge is 0.307 e. The molecule has 0 saturated carbocycles. The second kappa shape index (κ2) is 4.30. The summed E-state index contributed by atoms with van der Waals surface area (Å²) in [4.78, 5) is 9.61. The second-order valence-corrected chi connectivity index (χ2v) is 3.85. The summed E-state index contributed by atoms with van der Waals surface area (Å²) in [7, 11) is 1.93. The Hall–Kier alpha value is -1.26. The lowest BCUT2D eigenvalue weighted by atomic mass is 10.2. The molecule has 0 spiro atoms. The van der Waals surface area contributed by atoms with E-state index in [1.807, 2.05) is 13.1 Å². The van der Waals surface area contributed by atoms with Crippen LogP contribution in [-0.2, 0) is 0 Å².